The molecular formula is C18H22Cl2N2. The van der Waals surface area contributed by atoms with Crippen molar-refractivity contribution in [2.45, 2.75) is 25.7 Å². The Balaban J connectivity index is 0.00000116. The lowest BCUT2D eigenvalue weighted by atomic mass is 9.79. The average molecular weight is 337 g/mol. The third-order valence-electron chi connectivity index (χ3n) is 3.49. The summed E-state index contributed by atoms with van der Waals surface area (Å²) < 4.78 is 0. The van der Waals surface area contributed by atoms with Crippen molar-refractivity contribution >= 4 is 34.6 Å². The first-order valence-electron chi connectivity index (χ1n) is 6.89. The highest BCUT2D eigenvalue weighted by Gasteiger charge is 2.22. The second-order valence-electron chi connectivity index (χ2n) is 5.65. The maximum Gasteiger partial charge on any atom is 0.0638 e. The van der Waals surface area contributed by atoms with Gasteiger partial charge in [-0.2, -0.15) is 0 Å². The van der Waals surface area contributed by atoms with E-state index in [0.29, 0.717) is 21.4 Å². The van der Waals surface area contributed by atoms with E-state index in [1.54, 1.807) is 0 Å². The molecule has 0 aliphatic carbocycles. The molecule has 0 radical (unpaired) electrons. The molecule has 0 aliphatic heterocycles. The molecule has 0 spiro atoms. The van der Waals surface area contributed by atoms with Gasteiger partial charge in [-0.25, -0.2) is 0 Å². The number of hydrogen-bond donors (Lipinski definition) is 2. The largest absolute Gasteiger partial charge is 0.398 e. The van der Waals surface area contributed by atoms with Gasteiger partial charge in [0.15, 0.2) is 0 Å². The van der Waals surface area contributed by atoms with Gasteiger partial charge in [0.2, 0.25) is 0 Å². The maximum absolute atomic E-state index is 6.11. The Morgan fingerprint density at radius 2 is 1.41 bits per heavy atom. The monoisotopic (exact) mass is 336 g/mol. The third kappa shape index (κ3) is 4.43. The highest BCUT2D eigenvalue weighted by molar-refractivity contribution is 6.33. The van der Waals surface area contributed by atoms with Gasteiger partial charge >= 0.3 is 0 Å². The van der Waals surface area contributed by atoms with Crippen LogP contribution in [0, 0.1) is 0 Å². The van der Waals surface area contributed by atoms with E-state index >= 15 is 0 Å². The Bertz CT molecular complexity index is 652. The highest BCUT2D eigenvalue weighted by Crippen LogP contribution is 2.32. The Kier molecular flexibility index (Phi) is 6.34. The summed E-state index contributed by atoms with van der Waals surface area (Å²) in [5.74, 6) is 0. The molecule has 2 rings (SSSR count). The van der Waals surface area contributed by atoms with Crippen molar-refractivity contribution in [2.24, 2.45) is 0 Å². The van der Waals surface area contributed by atoms with Gasteiger partial charge in [-0.1, -0.05) is 49.2 Å². The molecule has 118 valence electrons. The zero-order chi connectivity index (χ0) is 16.9. The summed E-state index contributed by atoms with van der Waals surface area (Å²) in [6.45, 7) is 10.3. The number of benzene rings is 2. The molecular weight excluding hydrogens is 315 g/mol. The van der Waals surface area contributed by atoms with Gasteiger partial charge in [0.25, 0.3) is 0 Å². The number of nitrogens with two attached hydrogens (primary N) is 2. The zero-order valence-electron chi connectivity index (χ0n) is 13.0. The fourth-order valence-corrected chi connectivity index (χ4v) is 2.62. The summed E-state index contributed by atoms with van der Waals surface area (Å²) in [7, 11) is 0. The van der Waals surface area contributed by atoms with Gasteiger partial charge < -0.3 is 11.5 Å². The molecule has 0 saturated heterocycles. The number of rotatable bonds is 3. The van der Waals surface area contributed by atoms with Crippen LogP contribution < -0.4 is 11.5 Å². The molecule has 2 aromatic rings. The zero-order valence-corrected chi connectivity index (χ0v) is 14.5. The molecule has 0 aromatic heterocycles. The van der Waals surface area contributed by atoms with E-state index in [2.05, 4.69) is 27.0 Å². The molecule has 4 N–H and O–H groups in total. The minimum atomic E-state index is -0.0726. The molecule has 0 amide bonds. The first-order chi connectivity index (χ1) is 10.3. The van der Waals surface area contributed by atoms with Crippen LogP contribution in [-0.4, -0.2) is 0 Å². The van der Waals surface area contributed by atoms with E-state index in [1.165, 1.54) is 0 Å². The number of nitrogen functional groups attached to an aromatic ring is 2. The van der Waals surface area contributed by atoms with Crippen LogP contribution in [0.25, 0.3) is 0 Å². The quantitative estimate of drug-likeness (QED) is 0.575. The van der Waals surface area contributed by atoms with Crippen LogP contribution in [0.3, 0.4) is 0 Å². The van der Waals surface area contributed by atoms with Crippen LogP contribution in [0.15, 0.2) is 49.6 Å². The lowest BCUT2D eigenvalue weighted by Crippen LogP contribution is -2.20. The van der Waals surface area contributed by atoms with Crippen molar-refractivity contribution in [3.05, 3.63) is 70.7 Å². The molecule has 4 heteroatoms. The maximum atomic E-state index is 6.11. The molecule has 0 fully saturated rings. The summed E-state index contributed by atoms with van der Waals surface area (Å²) in [6.07, 6.45) is 0.841. The Morgan fingerprint density at radius 1 is 0.909 bits per heavy atom. The van der Waals surface area contributed by atoms with Gasteiger partial charge in [0.1, 0.15) is 0 Å². The van der Waals surface area contributed by atoms with Crippen molar-refractivity contribution in [2.75, 3.05) is 11.5 Å². The SMILES string of the molecule is C=C.CC(C)(Cc1ccc(N)c(Cl)c1)c1ccc(N)c(Cl)c1. The second kappa shape index (κ2) is 7.57. The van der Waals surface area contributed by atoms with Crippen molar-refractivity contribution in [1.29, 1.82) is 0 Å². The molecule has 0 atom stereocenters. The summed E-state index contributed by atoms with van der Waals surface area (Å²) >= 11 is 12.2. The molecule has 22 heavy (non-hydrogen) atoms. The van der Waals surface area contributed by atoms with Crippen molar-refractivity contribution < 1.29 is 0 Å². The smallest absolute Gasteiger partial charge is 0.0638 e. The predicted octanol–water partition coefficient (Wildman–Crippen LogP) is 5.48. The first-order valence-corrected chi connectivity index (χ1v) is 7.64. The molecule has 2 aromatic carbocycles. The van der Waals surface area contributed by atoms with Gasteiger partial charge in [-0.15, -0.1) is 13.2 Å². The molecule has 0 aliphatic rings. The third-order valence-corrected chi connectivity index (χ3v) is 4.15. The number of anilines is 2. The van der Waals surface area contributed by atoms with Crippen LogP contribution >= 0.6 is 23.2 Å². The molecule has 0 saturated carbocycles. The normalized spacial score (nSPS) is 10.7. The fourth-order valence-electron chi connectivity index (χ4n) is 2.24. The van der Waals surface area contributed by atoms with E-state index in [1.807, 2.05) is 36.4 Å². The summed E-state index contributed by atoms with van der Waals surface area (Å²) in [4.78, 5) is 0. The van der Waals surface area contributed by atoms with E-state index in [-0.39, 0.29) is 5.41 Å². The lowest BCUT2D eigenvalue weighted by Gasteiger charge is -2.26. The van der Waals surface area contributed by atoms with Crippen LogP contribution in [0.5, 0.6) is 0 Å². The van der Waals surface area contributed by atoms with E-state index in [0.717, 1.165) is 17.5 Å². The topological polar surface area (TPSA) is 52.0 Å². The van der Waals surface area contributed by atoms with Crippen molar-refractivity contribution in [3.8, 4) is 0 Å². The van der Waals surface area contributed by atoms with Crippen molar-refractivity contribution in [1.82, 2.24) is 0 Å². The Morgan fingerprint density at radius 3 is 1.91 bits per heavy atom. The second-order valence-corrected chi connectivity index (χ2v) is 6.47. The summed E-state index contributed by atoms with van der Waals surface area (Å²) in [5.41, 5.74) is 14.9. The van der Waals surface area contributed by atoms with Gasteiger partial charge in [0, 0.05) is 0 Å². The van der Waals surface area contributed by atoms with E-state index in [9.17, 15) is 0 Å². The van der Waals surface area contributed by atoms with Crippen molar-refractivity contribution in [3.63, 3.8) is 0 Å². The molecule has 0 unspecified atom stereocenters. The highest BCUT2D eigenvalue weighted by atomic mass is 35.5. The van der Waals surface area contributed by atoms with Crippen LogP contribution in [0.4, 0.5) is 11.4 Å². The predicted molar refractivity (Wildman–Crippen MR) is 99.7 cm³/mol. The summed E-state index contributed by atoms with van der Waals surface area (Å²) in [5, 5.41) is 1.18. The molecule has 0 bridgehead atoms. The van der Waals surface area contributed by atoms with E-state index in [4.69, 9.17) is 34.7 Å². The number of hydrogen-bond acceptors (Lipinski definition) is 2. The van der Waals surface area contributed by atoms with Gasteiger partial charge in [-0.05, 0) is 47.2 Å². The van der Waals surface area contributed by atoms with Gasteiger partial charge in [-0.3, -0.25) is 0 Å². The molecule has 2 nitrogen and oxygen atoms in total. The Hall–Kier alpha value is -1.64. The lowest BCUT2D eigenvalue weighted by molar-refractivity contribution is 0.522. The van der Waals surface area contributed by atoms with Crippen LogP contribution in [0.1, 0.15) is 25.0 Å². The first kappa shape index (κ1) is 18.4. The minimum absolute atomic E-state index is 0.0726. The number of halogens is 2. The van der Waals surface area contributed by atoms with Crippen LogP contribution in [-0.2, 0) is 11.8 Å². The molecule has 0 heterocycles. The fraction of sp³-hybridized carbons (Fsp3) is 0.222. The minimum Gasteiger partial charge on any atom is -0.398 e. The summed E-state index contributed by atoms with van der Waals surface area (Å²) in [6, 6.07) is 11.5. The average Bonchev–Trinajstić information content (AvgIpc) is 2.47. The standard InChI is InChI=1S/C16H18Cl2N2.C2H4/c1-16(2,11-4-6-15(20)13(18)8-11)9-10-3-5-14(19)12(17)7-10;1-2/h3-8H,9,19-20H2,1-2H3;1-2H2. The van der Waals surface area contributed by atoms with E-state index < -0.39 is 0 Å². The Labute approximate surface area is 142 Å². The van der Waals surface area contributed by atoms with Crippen LogP contribution in [0.2, 0.25) is 10.0 Å². The van der Waals surface area contributed by atoms with Gasteiger partial charge in [0.05, 0.1) is 21.4 Å².